The molecule has 0 aliphatic carbocycles. The van der Waals surface area contributed by atoms with Crippen LogP contribution in [-0.4, -0.2) is 102 Å². The van der Waals surface area contributed by atoms with Crippen molar-refractivity contribution in [2.75, 3.05) is 38.8 Å². The molecule has 1 unspecified atom stereocenters. The summed E-state index contributed by atoms with van der Waals surface area (Å²) >= 11 is 12.8. The van der Waals surface area contributed by atoms with Gasteiger partial charge in [0.15, 0.2) is 5.69 Å². The highest BCUT2D eigenvalue weighted by Crippen LogP contribution is 2.44. The van der Waals surface area contributed by atoms with Gasteiger partial charge < -0.3 is 28.2 Å². The van der Waals surface area contributed by atoms with Gasteiger partial charge >= 0.3 is 11.7 Å². The quantitative estimate of drug-likeness (QED) is 0.132. The molecule has 19 nitrogen and oxygen atoms in total. The molecule has 7 heterocycles. The molecule has 69 heavy (non-hydrogen) atoms. The summed E-state index contributed by atoms with van der Waals surface area (Å²) in [5, 5.41) is 3.06. The van der Waals surface area contributed by atoms with Crippen LogP contribution in [0, 0.1) is 11.8 Å². The average Bonchev–Trinajstić information content (AvgIpc) is 3.94. The number of likely N-dealkylation sites (tertiary alicyclic amines) is 1. The van der Waals surface area contributed by atoms with Gasteiger partial charge in [0.2, 0.25) is 23.6 Å². The largest absolute Gasteiger partial charge is 0.480 e. The second kappa shape index (κ2) is 19.4. The highest BCUT2D eigenvalue weighted by atomic mass is 35.5. The van der Waals surface area contributed by atoms with Crippen molar-refractivity contribution in [3.8, 4) is 35.1 Å². The molecule has 2 saturated heterocycles. The van der Waals surface area contributed by atoms with Gasteiger partial charge in [0.25, 0.3) is 11.5 Å². The van der Waals surface area contributed by atoms with Crippen LogP contribution in [-0.2, 0) is 39.8 Å². The smallest absolute Gasteiger partial charge is 0.329 e. The second-order valence-corrected chi connectivity index (χ2v) is 17.7. The standard InChI is InChI=1S/C48H46Cl2N10O9/c1-55-26-30(50)24-35(45(55)64)60-40(28-12-14-29(49)15-13-28)41-38(46(60)65)53-42(32-25-51-47(68-4)54-44(32)67-3)58(41)20-6-11-37(62)57-21-18-31(19-22-57)69-23-7-9-27-8-5-10-33-39(27)56(2)48(66)59(33)34-16-17-36(61)52-43(34)63/h5,8,10,12-15,24-26,31,34,40H,6,11,16-23H2,1-4H3,(H,52,61,63)/t34?,40-/m1/s1. The van der Waals surface area contributed by atoms with Crippen molar-refractivity contribution in [3.05, 3.63) is 114 Å². The number of pyridine rings is 1. The number of anilines is 1. The zero-order valence-electron chi connectivity index (χ0n) is 38.0. The van der Waals surface area contributed by atoms with Crippen LogP contribution < -0.4 is 30.9 Å². The first-order valence-electron chi connectivity index (χ1n) is 22.2. The fraction of sp³-hybridized carbons (Fsp3) is 0.354. The number of aromatic nitrogens is 7. The maximum absolute atomic E-state index is 14.6. The highest BCUT2D eigenvalue weighted by molar-refractivity contribution is 6.31. The minimum atomic E-state index is -0.851. The van der Waals surface area contributed by atoms with Gasteiger partial charge in [-0.3, -0.25) is 43.3 Å². The van der Waals surface area contributed by atoms with Crippen LogP contribution >= 0.6 is 23.2 Å². The molecule has 0 saturated carbocycles. The molecule has 3 aliphatic rings. The summed E-state index contributed by atoms with van der Waals surface area (Å²) in [6, 6.07) is 12.2. The number of imide groups is 1. The second-order valence-electron chi connectivity index (χ2n) is 16.8. The van der Waals surface area contributed by atoms with Crippen molar-refractivity contribution in [1.29, 1.82) is 0 Å². The van der Waals surface area contributed by atoms with Gasteiger partial charge in [-0.25, -0.2) is 14.8 Å². The van der Waals surface area contributed by atoms with Crippen molar-refractivity contribution in [2.45, 2.75) is 63.3 Å². The van der Waals surface area contributed by atoms with Gasteiger partial charge in [0, 0.05) is 64.0 Å². The number of methoxy groups -OCH3 is 2. The molecule has 356 valence electrons. The summed E-state index contributed by atoms with van der Waals surface area (Å²) < 4.78 is 23.1. The van der Waals surface area contributed by atoms with Crippen molar-refractivity contribution in [1.82, 2.24) is 43.4 Å². The van der Waals surface area contributed by atoms with Gasteiger partial charge in [-0.05, 0) is 61.6 Å². The number of nitrogens with one attached hydrogen (secondary N) is 1. The Morgan fingerprint density at radius 1 is 0.942 bits per heavy atom. The SMILES string of the molecule is COc1ncc(-c2nc3c(n2CCCC(=O)N2CCC(OCC#Cc4cccc5c4n(C)c(=O)n5C4CCC(=O)NC4=O)CC2)[C@@H](c2ccc(Cl)cc2)N(c2cc(Cl)cn(C)c2=O)C3=O)c(OC)n1. The Morgan fingerprint density at radius 2 is 1.71 bits per heavy atom. The third-order valence-electron chi connectivity index (χ3n) is 12.7. The van der Waals surface area contributed by atoms with Crippen molar-refractivity contribution >= 4 is 63.6 Å². The molecule has 6 aromatic rings. The number of hydrogen-bond acceptors (Lipinski definition) is 12. The first-order chi connectivity index (χ1) is 33.3. The van der Waals surface area contributed by atoms with E-state index in [0.29, 0.717) is 76.6 Å². The molecular weight excluding hydrogens is 931 g/mol. The number of carbonyl (C=O) groups excluding carboxylic acids is 4. The number of fused-ring (bicyclic) bond motifs is 2. The average molecular weight is 978 g/mol. The zero-order valence-corrected chi connectivity index (χ0v) is 39.5. The predicted molar refractivity (Wildman–Crippen MR) is 253 cm³/mol. The molecule has 1 N–H and O–H groups in total. The van der Waals surface area contributed by atoms with E-state index >= 15 is 0 Å². The van der Waals surface area contributed by atoms with Gasteiger partial charge in [-0.2, -0.15) is 4.98 Å². The molecule has 2 atom stereocenters. The minimum absolute atomic E-state index is 0.0470. The van der Waals surface area contributed by atoms with Crippen LogP contribution in [0.1, 0.15) is 77.9 Å². The number of amides is 4. The molecule has 0 spiro atoms. The Hall–Kier alpha value is -7.27. The van der Waals surface area contributed by atoms with Gasteiger partial charge in [-0.1, -0.05) is 53.2 Å². The van der Waals surface area contributed by atoms with Crippen LogP contribution in [0.2, 0.25) is 10.0 Å². The van der Waals surface area contributed by atoms with E-state index in [1.165, 1.54) is 51.3 Å². The lowest BCUT2D eigenvalue weighted by Crippen LogP contribution is -2.44. The maximum atomic E-state index is 14.6. The normalized spacial score (nSPS) is 17.2. The molecule has 0 radical (unpaired) electrons. The number of ether oxygens (including phenoxy) is 3. The Kier molecular flexibility index (Phi) is 13.2. The van der Waals surface area contributed by atoms with E-state index in [9.17, 15) is 28.8 Å². The Balaban J connectivity index is 0.902. The van der Waals surface area contributed by atoms with Crippen LogP contribution in [0.3, 0.4) is 0 Å². The number of benzene rings is 2. The maximum Gasteiger partial charge on any atom is 0.329 e. The molecule has 4 aromatic heterocycles. The molecule has 2 fully saturated rings. The lowest BCUT2D eigenvalue weighted by atomic mass is 10.0. The van der Waals surface area contributed by atoms with E-state index in [4.69, 9.17) is 42.4 Å². The Bertz CT molecular complexity index is 3230. The van der Waals surface area contributed by atoms with Gasteiger partial charge in [-0.15, -0.1) is 0 Å². The summed E-state index contributed by atoms with van der Waals surface area (Å²) in [4.78, 5) is 96.6. The molecule has 3 aliphatic heterocycles. The van der Waals surface area contributed by atoms with E-state index in [2.05, 4.69) is 27.1 Å². The fourth-order valence-corrected chi connectivity index (χ4v) is 9.72. The van der Waals surface area contributed by atoms with Gasteiger partial charge in [0.05, 0.1) is 53.2 Å². The highest BCUT2D eigenvalue weighted by Gasteiger charge is 2.46. The number of piperidine rings is 2. The van der Waals surface area contributed by atoms with Crippen molar-refractivity contribution in [3.63, 3.8) is 0 Å². The lowest BCUT2D eigenvalue weighted by Gasteiger charge is -2.31. The van der Waals surface area contributed by atoms with Crippen LogP contribution in [0.5, 0.6) is 11.9 Å². The fourth-order valence-electron chi connectivity index (χ4n) is 9.35. The number of hydrogen-bond donors (Lipinski definition) is 1. The van der Waals surface area contributed by atoms with Crippen LogP contribution in [0.4, 0.5) is 5.69 Å². The number of halogens is 2. The Morgan fingerprint density at radius 3 is 2.43 bits per heavy atom. The number of aryl methyl sites for hydroxylation is 2. The Labute approximate surface area is 404 Å². The summed E-state index contributed by atoms with van der Waals surface area (Å²) in [6.07, 6.45) is 4.96. The van der Waals surface area contributed by atoms with Crippen LogP contribution in [0.25, 0.3) is 22.4 Å². The third kappa shape index (κ3) is 8.86. The summed E-state index contributed by atoms with van der Waals surface area (Å²) in [5.41, 5.74) is 2.58. The molecule has 4 amide bonds. The lowest BCUT2D eigenvalue weighted by molar-refractivity contribution is -0.136. The van der Waals surface area contributed by atoms with Crippen molar-refractivity contribution in [2.24, 2.45) is 14.1 Å². The third-order valence-corrected chi connectivity index (χ3v) is 13.1. The molecule has 9 rings (SSSR count). The van der Waals surface area contributed by atoms with Crippen molar-refractivity contribution < 1.29 is 33.4 Å². The minimum Gasteiger partial charge on any atom is -0.480 e. The number of carbonyl (C=O) groups is 4. The first kappa shape index (κ1) is 46.8. The van der Waals surface area contributed by atoms with Crippen LogP contribution in [0.15, 0.2) is 70.5 Å². The molecule has 0 bridgehead atoms. The van der Waals surface area contributed by atoms with E-state index < -0.39 is 29.5 Å². The predicted octanol–water partition coefficient (Wildman–Crippen LogP) is 4.58. The first-order valence-corrected chi connectivity index (χ1v) is 23.0. The van der Waals surface area contributed by atoms with E-state index in [1.807, 2.05) is 9.47 Å². The topological polar surface area (TPSA) is 207 Å². The summed E-state index contributed by atoms with van der Waals surface area (Å²) in [7, 11) is 6.06. The monoisotopic (exact) mass is 976 g/mol. The van der Waals surface area contributed by atoms with E-state index in [0.717, 1.165) is 0 Å². The summed E-state index contributed by atoms with van der Waals surface area (Å²) in [5.74, 6) is 5.23. The molecule has 21 heteroatoms. The van der Waals surface area contributed by atoms with Gasteiger partial charge in [0.1, 0.15) is 30.2 Å². The van der Waals surface area contributed by atoms with E-state index in [-0.39, 0.29) is 84.3 Å². The number of para-hydroxylation sites is 1. The summed E-state index contributed by atoms with van der Waals surface area (Å²) in [6.45, 7) is 1.32. The number of rotatable bonds is 12. The molecular formula is C48H46Cl2N10O9. The van der Waals surface area contributed by atoms with E-state index in [1.54, 1.807) is 56.6 Å². The number of nitrogens with zero attached hydrogens (tertiary/aromatic N) is 9. The zero-order chi connectivity index (χ0) is 48.7. The molecule has 2 aromatic carbocycles. The number of imidazole rings is 2.